The number of guanidine groups is 1. The van der Waals surface area contributed by atoms with Crippen molar-refractivity contribution in [1.82, 2.24) is 4.90 Å². The van der Waals surface area contributed by atoms with E-state index in [-0.39, 0.29) is 5.54 Å². The van der Waals surface area contributed by atoms with Gasteiger partial charge in [-0.05, 0) is 32.3 Å². The molecular formula is C16H23N3. The Bertz CT molecular complexity index is 485. The van der Waals surface area contributed by atoms with Crippen LogP contribution in [0.15, 0.2) is 29.3 Å². The minimum Gasteiger partial charge on any atom is -0.370 e. The fourth-order valence-electron chi connectivity index (χ4n) is 3.54. The molecule has 0 saturated heterocycles. The number of aliphatic imine (C=N–C) groups is 1. The molecule has 3 nitrogen and oxygen atoms in total. The first kappa shape index (κ1) is 12.5. The van der Waals surface area contributed by atoms with Crippen molar-refractivity contribution in [2.24, 2.45) is 10.7 Å². The van der Waals surface area contributed by atoms with Crippen LogP contribution in [-0.4, -0.2) is 23.4 Å². The number of hydrogen-bond donors (Lipinski definition) is 1. The van der Waals surface area contributed by atoms with Crippen LogP contribution in [0.1, 0.15) is 43.7 Å². The van der Waals surface area contributed by atoms with E-state index in [1.807, 2.05) is 0 Å². The van der Waals surface area contributed by atoms with Crippen molar-refractivity contribution >= 4 is 5.96 Å². The molecule has 1 aliphatic heterocycles. The lowest BCUT2D eigenvalue weighted by atomic mass is 9.89. The van der Waals surface area contributed by atoms with Crippen LogP contribution in [0, 0.1) is 6.92 Å². The molecule has 1 unspecified atom stereocenters. The van der Waals surface area contributed by atoms with Gasteiger partial charge in [-0.1, -0.05) is 42.7 Å². The van der Waals surface area contributed by atoms with Crippen LogP contribution in [0.25, 0.3) is 0 Å². The number of nitrogens with two attached hydrogens (primary N) is 1. The predicted octanol–water partition coefficient (Wildman–Crippen LogP) is 2.78. The van der Waals surface area contributed by atoms with Gasteiger partial charge in [0.15, 0.2) is 5.96 Å². The lowest BCUT2D eigenvalue weighted by Crippen LogP contribution is -2.52. The van der Waals surface area contributed by atoms with Gasteiger partial charge < -0.3 is 10.6 Å². The molecule has 0 bridgehead atoms. The Hall–Kier alpha value is -1.51. The van der Waals surface area contributed by atoms with E-state index in [4.69, 9.17) is 5.73 Å². The maximum Gasteiger partial charge on any atom is 0.192 e. The highest BCUT2D eigenvalue weighted by Crippen LogP contribution is 2.38. The summed E-state index contributed by atoms with van der Waals surface area (Å²) < 4.78 is 0. The molecule has 1 heterocycles. The van der Waals surface area contributed by atoms with E-state index in [2.05, 4.69) is 48.0 Å². The zero-order valence-electron chi connectivity index (χ0n) is 11.9. The second-order valence-corrected chi connectivity index (χ2v) is 6.12. The third-order valence-corrected chi connectivity index (χ3v) is 4.69. The van der Waals surface area contributed by atoms with E-state index in [0.29, 0.717) is 6.04 Å². The normalized spacial score (nSPS) is 27.9. The molecule has 19 heavy (non-hydrogen) atoms. The summed E-state index contributed by atoms with van der Waals surface area (Å²) in [6, 6.07) is 9.39. The third-order valence-electron chi connectivity index (χ3n) is 4.69. The maximum atomic E-state index is 6.18. The first-order valence-electron chi connectivity index (χ1n) is 7.28. The van der Waals surface area contributed by atoms with Crippen molar-refractivity contribution in [2.75, 3.05) is 6.54 Å². The van der Waals surface area contributed by atoms with Crippen molar-refractivity contribution in [1.29, 1.82) is 0 Å². The fraction of sp³-hybridized carbons (Fsp3) is 0.562. The van der Waals surface area contributed by atoms with Gasteiger partial charge in [-0.15, -0.1) is 0 Å². The molecule has 0 amide bonds. The number of rotatable bonds is 2. The lowest BCUT2D eigenvalue weighted by molar-refractivity contribution is 0.167. The van der Waals surface area contributed by atoms with Crippen LogP contribution < -0.4 is 5.73 Å². The van der Waals surface area contributed by atoms with Crippen molar-refractivity contribution in [3.63, 3.8) is 0 Å². The average Bonchev–Trinajstić information content (AvgIpc) is 2.99. The molecule has 0 radical (unpaired) electrons. The quantitative estimate of drug-likeness (QED) is 0.885. The average molecular weight is 257 g/mol. The number of nitrogens with zero attached hydrogens (tertiary/aromatic N) is 2. The Balaban J connectivity index is 1.95. The van der Waals surface area contributed by atoms with Gasteiger partial charge in [0.05, 0.1) is 12.1 Å². The van der Waals surface area contributed by atoms with Crippen molar-refractivity contribution in [2.45, 2.75) is 51.1 Å². The Labute approximate surface area is 115 Å². The summed E-state index contributed by atoms with van der Waals surface area (Å²) in [7, 11) is 0. The van der Waals surface area contributed by atoms with Crippen LogP contribution in [0.3, 0.4) is 0 Å². The van der Waals surface area contributed by atoms with E-state index >= 15 is 0 Å². The second kappa shape index (κ2) is 4.55. The first-order valence-corrected chi connectivity index (χ1v) is 7.28. The molecule has 1 aromatic rings. The first-order chi connectivity index (χ1) is 9.11. The van der Waals surface area contributed by atoms with Gasteiger partial charge in [0.2, 0.25) is 0 Å². The van der Waals surface area contributed by atoms with E-state index in [9.17, 15) is 0 Å². The molecule has 1 aromatic carbocycles. The molecule has 102 valence electrons. The Morgan fingerprint density at radius 1 is 1.21 bits per heavy atom. The SMILES string of the molecule is Cc1ccc(C2(C)CN=C(N)N2C2CCCC2)cc1. The van der Waals surface area contributed by atoms with Crippen molar-refractivity contribution < 1.29 is 0 Å². The van der Waals surface area contributed by atoms with Crippen molar-refractivity contribution in [3.05, 3.63) is 35.4 Å². The van der Waals surface area contributed by atoms with E-state index in [1.165, 1.54) is 36.8 Å². The highest BCUT2D eigenvalue weighted by Gasteiger charge is 2.43. The molecule has 2 aliphatic rings. The molecule has 0 spiro atoms. The molecule has 1 aliphatic carbocycles. The Morgan fingerprint density at radius 3 is 2.47 bits per heavy atom. The topological polar surface area (TPSA) is 41.6 Å². The maximum absolute atomic E-state index is 6.18. The molecule has 3 rings (SSSR count). The zero-order valence-corrected chi connectivity index (χ0v) is 11.9. The van der Waals surface area contributed by atoms with Gasteiger partial charge in [0, 0.05) is 6.04 Å². The molecule has 3 heteroatoms. The summed E-state index contributed by atoms with van der Waals surface area (Å²) in [4.78, 5) is 6.91. The smallest absolute Gasteiger partial charge is 0.192 e. The van der Waals surface area contributed by atoms with E-state index in [0.717, 1.165) is 12.5 Å². The standard InChI is InChI=1S/C16H23N3/c1-12-7-9-13(10-8-12)16(2)11-18-15(17)19(16)14-5-3-4-6-14/h7-10,14H,3-6,11H2,1-2H3,(H2,17,18). The summed E-state index contributed by atoms with van der Waals surface area (Å²) >= 11 is 0. The minimum absolute atomic E-state index is 0.0627. The van der Waals surface area contributed by atoms with Crippen molar-refractivity contribution in [3.8, 4) is 0 Å². The highest BCUT2D eigenvalue weighted by molar-refractivity contribution is 5.81. The zero-order chi connectivity index (χ0) is 13.5. The second-order valence-electron chi connectivity index (χ2n) is 6.12. The van der Waals surface area contributed by atoms with Gasteiger partial charge in [-0.3, -0.25) is 4.99 Å². The summed E-state index contributed by atoms with van der Waals surface area (Å²) in [6.07, 6.45) is 5.13. The largest absolute Gasteiger partial charge is 0.370 e. The van der Waals surface area contributed by atoms with Gasteiger partial charge in [-0.25, -0.2) is 0 Å². The van der Waals surface area contributed by atoms with Gasteiger partial charge in [-0.2, -0.15) is 0 Å². The van der Waals surface area contributed by atoms with E-state index in [1.54, 1.807) is 0 Å². The lowest BCUT2D eigenvalue weighted by Gasteiger charge is -2.41. The Morgan fingerprint density at radius 2 is 1.84 bits per heavy atom. The van der Waals surface area contributed by atoms with Crippen LogP contribution in [0.2, 0.25) is 0 Å². The van der Waals surface area contributed by atoms with Gasteiger partial charge >= 0.3 is 0 Å². The summed E-state index contributed by atoms with van der Waals surface area (Å²) in [5.41, 5.74) is 8.74. The van der Waals surface area contributed by atoms with Gasteiger partial charge in [0.25, 0.3) is 0 Å². The number of aryl methyl sites for hydroxylation is 1. The molecule has 1 atom stereocenters. The highest BCUT2D eigenvalue weighted by atomic mass is 15.4. The fourth-order valence-corrected chi connectivity index (χ4v) is 3.54. The number of benzene rings is 1. The molecule has 1 fully saturated rings. The Kier molecular flexibility index (Phi) is 3.00. The van der Waals surface area contributed by atoms with Crippen LogP contribution in [0.4, 0.5) is 0 Å². The van der Waals surface area contributed by atoms with Crippen LogP contribution in [0.5, 0.6) is 0 Å². The predicted molar refractivity (Wildman–Crippen MR) is 79.1 cm³/mol. The summed E-state index contributed by atoms with van der Waals surface area (Å²) in [5, 5.41) is 0. The summed E-state index contributed by atoms with van der Waals surface area (Å²) in [6.45, 7) is 5.18. The summed E-state index contributed by atoms with van der Waals surface area (Å²) in [5.74, 6) is 0.731. The number of hydrogen-bond acceptors (Lipinski definition) is 3. The molecule has 0 aromatic heterocycles. The van der Waals surface area contributed by atoms with E-state index < -0.39 is 0 Å². The molecule has 1 saturated carbocycles. The van der Waals surface area contributed by atoms with Gasteiger partial charge in [0.1, 0.15) is 0 Å². The van der Waals surface area contributed by atoms with Crippen LogP contribution in [-0.2, 0) is 5.54 Å². The monoisotopic (exact) mass is 257 g/mol. The molecule has 2 N–H and O–H groups in total. The third kappa shape index (κ3) is 2.01. The minimum atomic E-state index is -0.0627. The molecular weight excluding hydrogens is 234 g/mol. The van der Waals surface area contributed by atoms with Crippen LogP contribution >= 0.6 is 0 Å².